The third-order valence-electron chi connectivity index (χ3n) is 3.65. The second-order valence-electron chi connectivity index (χ2n) is 5.42. The lowest BCUT2D eigenvalue weighted by molar-refractivity contribution is -0.134. The maximum Gasteiger partial charge on any atom is 0.311 e. The normalized spacial score (nSPS) is 11.5. The first-order chi connectivity index (χ1) is 12.7. The van der Waals surface area contributed by atoms with Gasteiger partial charge in [-0.15, -0.1) is 0 Å². The highest BCUT2D eigenvalue weighted by molar-refractivity contribution is 5.72. The van der Waals surface area contributed by atoms with Crippen LogP contribution in [0.4, 0.5) is 0 Å². The van der Waals surface area contributed by atoms with Crippen LogP contribution in [0.2, 0.25) is 0 Å². The highest BCUT2D eigenvalue weighted by Gasteiger charge is 2.15. The van der Waals surface area contributed by atoms with Crippen molar-refractivity contribution < 1.29 is 28.5 Å². The molecule has 0 N–H and O–H groups in total. The molecule has 7 heteroatoms. The molecular formula is C19H17NO6. The Hall–Kier alpha value is -3.40. The molecule has 2 aromatic rings. The lowest BCUT2D eigenvalue weighted by atomic mass is 10.2. The van der Waals surface area contributed by atoms with Crippen molar-refractivity contribution in [2.24, 2.45) is 0 Å². The van der Waals surface area contributed by atoms with Gasteiger partial charge < -0.3 is 23.7 Å². The van der Waals surface area contributed by atoms with E-state index in [-0.39, 0.29) is 19.2 Å². The topological polar surface area (TPSA) is 87.0 Å². The number of fused-ring (bicyclic) bond motifs is 1. The quantitative estimate of drug-likeness (QED) is 0.428. The fraction of sp³-hybridized carbons (Fsp3) is 0.263. The van der Waals surface area contributed by atoms with Gasteiger partial charge >= 0.3 is 5.97 Å². The van der Waals surface area contributed by atoms with E-state index in [0.29, 0.717) is 47.3 Å². The minimum Gasteiger partial charge on any atom is -0.493 e. The van der Waals surface area contributed by atoms with Gasteiger partial charge in [-0.05, 0) is 30.7 Å². The fourth-order valence-corrected chi connectivity index (χ4v) is 2.38. The molecule has 0 aromatic heterocycles. The fourth-order valence-electron chi connectivity index (χ4n) is 2.38. The van der Waals surface area contributed by atoms with E-state index in [1.165, 1.54) is 7.11 Å². The van der Waals surface area contributed by atoms with E-state index in [1.54, 1.807) is 36.4 Å². The van der Waals surface area contributed by atoms with Crippen molar-refractivity contribution in [2.45, 2.75) is 12.8 Å². The highest BCUT2D eigenvalue weighted by Crippen LogP contribution is 2.35. The van der Waals surface area contributed by atoms with E-state index in [2.05, 4.69) is 0 Å². The molecule has 0 amide bonds. The van der Waals surface area contributed by atoms with Crippen LogP contribution in [0.5, 0.6) is 28.7 Å². The van der Waals surface area contributed by atoms with Gasteiger partial charge in [-0.2, -0.15) is 5.26 Å². The van der Waals surface area contributed by atoms with Crippen LogP contribution in [0.25, 0.3) is 0 Å². The zero-order chi connectivity index (χ0) is 18.4. The first kappa shape index (κ1) is 17.4. The van der Waals surface area contributed by atoms with Gasteiger partial charge in [-0.1, -0.05) is 0 Å². The first-order valence-corrected chi connectivity index (χ1v) is 8.01. The summed E-state index contributed by atoms with van der Waals surface area (Å²) in [7, 11) is 1.51. The lowest BCUT2D eigenvalue weighted by Gasteiger charge is -2.10. The van der Waals surface area contributed by atoms with Crippen molar-refractivity contribution in [3.8, 4) is 34.8 Å². The second-order valence-corrected chi connectivity index (χ2v) is 5.42. The van der Waals surface area contributed by atoms with Gasteiger partial charge in [0.25, 0.3) is 0 Å². The van der Waals surface area contributed by atoms with Crippen LogP contribution in [-0.2, 0) is 4.79 Å². The lowest BCUT2D eigenvalue weighted by Crippen LogP contribution is -2.10. The molecule has 0 saturated carbocycles. The van der Waals surface area contributed by atoms with E-state index < -0.39 is 0 Å². The van der Waals surface area contributed by atoms with Gasteiger partial charge in [-0.25, -0.2) is 0 Å². The number of esters is 1. The maximum atomic E-state index is 11.9. The summed E-state index contributed by atoms with van der Waals surface area (Å²) in [6, 6.07) is 11.9. The number of hydrogen-bond donors (Lipinski definition) is 0. The molecule has 0 saturated heterocycles. The van der Waals surface area contributed by atoms with Gasteiger partial charge in [-0.3, -0.25) is 4.79 Å². The van der Waals surface area contributed by atoms with Crippen LogP contribution in [0.3, 0.4) is 0 Å². The van der Waals surface area contributed by atoms with E-state index in [9.17, 15) is 4.79 Å². The summed E-state index contributed by atoms with van der Waals surface area (Å²) in [5.41, 5.74) is 0.488. The average Bonchev–Trinajstić information content (AvgIpc) is 3.13. The number of hydrogen-bond acceptors (Lipinski definition) is 7. The van der Waals surface area contributed by atoms with Gasteiger partial charge in [0, 0.05) is 18.6 Å². The maximum absolute atomic E-state index is 11.9. The third-order valence-corrected chi connectivity index (χ3v) is 3.65. The first-order valence-electron chi connectivity index (χ1n) is 8.01. The highest BCUT2D eigenvalue weighted by atomic mass is 16.7. The summed E-state index contributed by atoms with van der Waals surface area (Å²) >= 11 is 0. The molecule has 1 aliphatic rings. The molecule has 0 spiro atoms. The zero-order valence-electron chi connectivity index (χ0n) is 14.2. The Bertz CT molecular complexity index is 842. The van der Waals surface area contributed by atoms with Crippen LogP contribution < -0.4 is 23.7 Å². The van der Waals surface area contributed by atoms with E-state index in [1.807, 2.05) is 6.07 Å². The summed E-state index contributed by atoms with van der Waals surface area (Å²) < 4.78 is 26.5. The molecule has 0 bridgehead atoms. The van der Waals surface area contributed by atoms with Crippen LogP contribution in [-0.4, -0.2) is 26.5 Å². The Balaban J connectivity index is 1.45. The Kier molecular flexibility index (Phi) is 5.44. The van der Waals surface area contributed by atoms with Crippen LogP contribution >= 0.6 is 0 Å². The smallest absolute Gasteiger partial charge is 0.311 e. The molecule has 0 fully saturated rings. The second kappa shape index (κ2) is 8.12. The van der Waals surface area contributed by atoms with Gasteiger partial charge in [0.05, 0.1) is 25.3 Å². The van der Waals surface area contributed by atoms with Crippen LogP contribution in [0.15, 0.2) is 36.4 Å². The number of nitrogens with zero attached hydrogens (tertiary/aromatic N) is 1. The summed E-state index contributed by atoms with van der Waals surface area (Å²) in [5, 5.41) is 8.88. The predicted molar refractivity (Wildman–Crippen MR) is 90.6 cm³/mol. The van der Waals surface area contributed by atoms with E-state index in [4.69, 9.17) is 28.9 Å². The minimum atomic E-state index is -0.362. The standard InChI is InChI=1S/C19H17NO6/c1-22-17-9-13(11-20)4-6-15(17)23-8-2-3-19(21)26-14-5-7-16-18(10-14)25-12-24-16/h4-7,9-10H,2-3,8,12H2,1H3. The molecule has 0 aliphatic carbocycles. The van der Waals surface area contributed by atoms with Gasteiger partial charge in [0.1, 0.15) is 5.75 Å². The molecule has 1 aliphatic heterocycles. The van der Waals surface area contributed by atoms with Crippen molar-refractivity contribution in [3.05, 3.63) is 42.0 Å². The molecule has 7 nitrogen and oxygen atoms in total. The van der Waals surface area contributed by atoms with E-state index >= 15 is 0 Å². The molecular weight excluding hydrogens is 338 g/mol. The van der Waals surface area contributed by atoms with Crippen molar-refractivity contribution in [3.63, 3.8) is 0 Å². The Morgan fingerprint density at radius 3 is 2.81 bits per heavy atom. The monoisotopic (exact) mass is 355 g/mol. The molecule has 3 rings (SSSR count). The van der Waals surface area contributed by atoms with Gasteiger partial charge in [0.15, 0.2) is 23.0 Å². The van der Waals surface area contributed by atoms with Crippen molar-refractivity contribution in [1.82, 2.24) is 0 Å². The Morgan fingerprint density at radius 1 is 1.15 bits per heavy atom. The number of nitriles is 1. The molecule has 26 heavy (non-hydrogen) atoms. The summed E-state index contributed by atoms with van der Waals surface area (Å²) in [6.07, 6.45) is 0.680. The average molecular weight is 355 g/mol. The summed E-state index contributed by atoms with van der Waals surface area (Å²) in [5.74, 6) is 2.25. The predicted octanol–water partition coefficient (Wildman–Crippen LogP) is 3.06. The molecule has 0 atom stereocenters. The third kappa shape index (κ3) is 4.16. The molecule has 134 valence electrons. The molecule has 0 unspecified atom stereocenters. The van der Waals surface area contributed by atoms with Crippen molar-refractivity contribution in [1.29, 1.82) is 5.26 Å². The molecule has 2 aromatic carbocycles. The molecule has 0 radical (unpaired) electrons. The minimum absolute atomic E-state index is 0.170. The number of carbonyl (C=O) groups is 1. The SMILES string of the molecule is COc1cc(C#N)ccc1OCCCC(=O)Oc1ccc2c(c1)OCO2. The number of methoxy groups -OCH3 is 1. The number of ether oxygens (including phenoxy) is 5. The van der Waals surface area contributed by atoms with Crippen molar-refractivity contribution in [2.75, 3.05) is 20.5 Å². The van der Waals surface area contributed by atoms with E-state index in [0.717, 1.165) is 0 Å². The van der Waals surface area contributed by atoms with Crippen molar-refractivity contribution >= 4 is 5.97 Å². The van der Waals surface area contributed by atoms with Gasteiger partial charge in [0.2, 0.25) is 6.79 Å². The number of rotatable bonds is 7. The largest absolute Gasteiger partial charge is 0.493 e. The zero-order valence-corrected chi connectivity index (χ0v) is 14.2. The Morgan fingerprint density at radius 2 is 2.00 bits per heavy atom. The Labute approximate surface area is 150 Å². The molecule has 1 heterocycles. The summed E-state index contributed by atoms with van der Waals surface area (Å²) in [4.78, 5) is 11.9. The summed E-state index contributed by atoms with van der Waals surface area (Å²) in [6.45, 7) is 0.487. The van der Waals surface area contributed by atoms with Crippen LogP contribution in [0.1, 0.15) is 18.4 Å². The van der Waals surface area contributed by atoms with Crippen LogP contribution in [0, 0.1) is 11.3 Å². The number of benzene rings is 2. The number of carbonyl (C=O) groups excluding carboxylic acids is 1.